The van der Waals surface area contributed by atoms with Crippen LogP contribution in [0.5, 0.6) is 11.5 Å². The van der Waals surface area contributed by atoms with Crippen LogP contribution in [0.25, 0.3) is 0 Å². The van der Waals surface area contributed by atoms with Crippen molar-refractivity contribution in [3.05, 3.63) is 58.1 Å². The van der Waals surface area contributed by atoms with Gasteiger partial charge in [0.1, 0.15) is 11.5 Å². The Morgan fingerprint density at radius 1 is 1.03 bits per heavy atom. The Morgan fingerprint density at radius 3 is 2.37 bits per heavy atom. The molecule has 1 aliphatic heterocycles. The third-order valence-corrected chi connectivity index (χ3v) is 6.27. The maximum Gasteiger partial charge on any atom is 0.128 e. The van der Waals surface area contributed by atoms with Crippen molar-refractivity contribution >= 4 is 15.7 Å². The van der Waals surface area contributed by atoms with E-state index in [9.17, 15) is 10.2 Å². The zero-order chi connectivity index (χ0) is 21.5. The van der Waals surface area contributed by atoms with E-state index in [0.29, 0.717) is 29.9 Å². The summed E-state index contributed by atoms with van der Waals surface area (Å²) in [5, 5.41) is 18.5. The second-order valence-electron chi connectivity index (χ2n) is 8.20. The number of methoxy groups -OCH3 is 2. The molecule has 1 heterocycles. The van der Waals surface area contributed by atoms with Gasteiger partial charge in [-0.15, -0.1) is 0 Å². The number of hydrogen-bond acceptors (Lipinski definition) is 5. The zero-order valence-electron chi connectivity index (χ0n) is 17.4. The summed E-state index contributed by atoms with van der Waals surface area (Å²) in [4.78, 5) is 0. The van der Waals surface area contributed by atoms with E-state index in [1.807, 2.05) is 12.1 Å². The van der Waals surface area contributed by atoms with E-state index in [-0.39, 0.29) is 6.61 Å². The van der Waals surface area contributed by atoms with E-state index >= 15 is 0 Å². The molecule has 3 unspecified atom stereocenters. The van der Waals surface area contributed by atoms with Gasteiger partial charge >= 0.3 is 0 Å². The number of fused-ring (bicyclic) bond motifs is 1. The third-order valence-electron chi connectivity index (χ3n) is 6.27. The Kier molecular flexibility index (Phi) is 5.88. The molecule has 2 aromatic rings. The van der Waals surface area contributed by atoms with Gasteiger partial charge in [-0.3, -0.25) is 0 Å². The Bertz CT molecular complexity index is 930. The first-order valence-electron chi connectivity index (χ1n) is 10.3. The Hall–Kier alpha value is -1.95. The molecule has 5 nitrogen and oxygen atoms in total. The van der Waals surface area contributed by atoms with Crippen LogP contribution in [0.15, 0.2) is 30.3 Å². The molecule has 1 saturated heterocycles. The van der Waals surface area contributed by atoms with E-state index in [1.165, 1.54) is 11.1 Å². The monoisotopic (exact) mass is 404 g/mol. The standard InChI is InChI=1S/C23H26B2O5/c1-28-20-11-22(29-2)19(10-18(20)21-9-16(27)8-17(12-26)30-21)23(24,25)15-6-5-13-3-4-14(13)7-15/h5-7,10-11,16-17,21,26-27H,3-4,8-9,12H2,1-2H3. The summed E-state index contributed by atoms with van der Waals surface area (Å²) in [6, 6.07) is 9.69. The quantitative estimate of drug-likeness (QED) is 0.721. The van der Waals surface area contributed by atoms with Gasteiger partial charge in [-0.1, -0.05) is 23.8 Å². The number of aliphatic hydroxyl groups is 2. The summed E-state index contributed by atoms with van der Waals surface area (Å²) < 4.78 is 17.2. The lowest BCUT2D eigenvalue weighted by atomic mass is 9.47. The number of rotatable bonds is 6. The molecule has 0 bridgehead atoms. The highest BCUT2D eigenvalue weighted by molar-refractivity contribution is 6.42. The highest BCUT2D eigenvalue weighted by Gasteiger charge is 2.34. The van der Waals surface area contributed by atoms with Gasteiger partial charge < -0.3 is 24.4 Å². The van der Waals surface area contributed by atoms with Crippen molar-refractivity contribution in [2.75, 3.05) is 20.8 Å². The minimum absolute atomic E-state index is 0.161. The molecule has 30 heavy (non-hydrogen) atoms. The summed E-state index contributed by atoms with van der Waals surface area (Å²) in [5.74, 6) is 1.07. The lowest BCUT2D eigenvalue weighted by molar-refractivity contribution is -0.114. The van der Waals surface area contributed by atoms with Gasteiger partial charge in [0.2, 0.25) is 0 Å². The van der Waals surface area contributed by atoms with Crippen molar-refractivity contribution in [1.82, 2.24) is 0 Å². The predicted molar refractivity (Wildman–Crippen MR) is 116 cm³/mol. The normalized spacial score (nSPS) is 23.4. The molecule has 3 atom stereocenters. The zero-order valence-corrected chi connectivity index (χ0v) is 17.4. The number of aliphatic hydroxyl groups excluding tert-OH is 2. The minimum Gasteiger partial charge on any atom is -0.496 e. The molecule has 0 saturated carbocycles. The van der Waals surface area contributed by atoms with Gasteiger partial charge in [0, 0.05) is 24.5 Å². The summed E-state index contributed by atoms with van der Waals surface area (Å²) in [7, 11) is 16.5. The van der Waals surface area contributed by atoms with Crippen LogP contribution in [0.1, 0.15) is 46.8 Å². The van der Waals surface area contributed by atoms with Crippen molar-refractivity contribution in [2.45, 2.75) is 49.2 Å². The summed E-state index contributed by atoms with van der Waals surface area (Å²) in [5.41, 5.74) is 4.72. The minimum atomic E-state index is -1.29. The Balaban J connectivity index is 1.79. The first-order valence-corrected chi connectivity index (χ1v) is 10.3. The molecule has 2 N–H and O–H groups in total. The van der Waals surface area contributed by atoms with Crippen LogP contribution in [-0.2, 0) is 22.8 Å². The topological polar surface area (TPSA) is 68.2 Å². The van der Waals surface area contributed by atoms with Crippen molar-refractivity contribution in [2.24, 2.45) is 0 Å². The van der Waals surface area contributed by atoms with Gasteiger partial charge in [-0.2, -0.15) is 0 Å². The van der Waals surface area contributed by atoms with Crippen molar-refractivity contribution < 1.29 is 24.4 Å². The smallest absolute Gasteiger partial charge is 0.128 e. The SMILES string of the molecule is [B]C([B])(c1ccc2c(c1)CC2)c1cc(C2CC(O)CC(CO)O2)c(OC)cc1OC. The highest BCUT2D eigenvalue weighted by Crippen LogP contribution is 2.43. The van der Waals surface area contributed by atoms with Crippen LogP contribution in [0.2, 0.25) is 0 Å². The average molecular weight is 404 g/mol. The van der Waals surface area contributed by atoms with Gasteiger partial charge in [0.05, 0.1) is 54.8 Å². The van der Waals surface area contributed by atoms with Crippen LogP contribution in [-0.4, -0.2) is 58.9 Å². The first kappa shape index (κ1) is 21.3. The summed E-state index contributed by atoms with van der Waals surface area (Å²) in [6.45, 7) is -0.161. The van der Waals surface area contributed by atoms with Crippen LogP contribution < -0.4 is 9.47 Å². The van der Waals surface area contributed by atoms with E-state index in [0.717, 1.165) is 24.0 Å². The third kappa shape index (κ3) is 3.75. The van der Waals surface area contributed by atoms with Gasteiger partial charge in [0.15, 0.2) is 0 Å². The molecule has 7 heteroatoms. The second kappa shape index (κ2) is 8.29. The van der Waals surface area contributed by atoms with Crippen molar-refractivity contribution in [3.8, 4) is 11.5 Å². The fourth-order valence-electron chi connectivity index (χ4n) is 4.41. The van der Waals surface area contributed by atoms with Crippen LogP contribution >= 0.6 is 0 Å². The molecule has 1 aliphatic carbocycles. The first-order chi connectivity index (χ1) is 14.4. The highest BCUT2D eigenvalue weighted by atomic mass is 16.5. The van der Waals surface area contributed by atoms with Gasteiger partial charge in [-0.05, 0) is 40.8 Å². The molecule has 1 fully saturated rings. The van der Waals surface area contributed by atoms with Crippen molar-refractivity contribution in [1.29, 1.82) is 0 Å². The fraction of sp³-hybridized carbons (Fsp3) is 0.478. The molecule has 4 rings (SSSR count). The summed E-state index contributed by atoms with van der Waals surface area (Å²) >= 11 is 0. The Labute approximate surface area is 180 Å². The lowest BCUT2D eigenvalue weighted by Gasteiger charge is -2.35. The second-order valence-corrected chi connectivity index (χ2v) is 8.20. The van der Waals surface area contributed by atoms with Crippen molar-refractivity contribution in [3.63, 3.8) is 0 Å². The predicted octanol–water partition coefficient (Wildman–Crippen LogP) is 1.91. The summed E-state index contributed by atoms with van der Waals surface area (Å²) in [6.07, 6.45) is 1.41. The van der Waals surface area contributed by atoms with E-state index in [1.54, 1.807) is 20.3 Å². The van der Waals surface area contributed by atoms with Gasteiger partial charge in [0.25, 0.3) is 0 Å². The molecule has 4 radical (unpaired) electrons. The van der Waals surface area contributed by atoms with Crippen LogP contribution in [0.3, 0.4) is 0 Å². The number of aryl methyl sites for hydroxylation is 2. The van der Waals surface area contributed by atoms with E-state index < -0.39 is 23.5 Å². The van der Waals surface area contributed by atoms with E-state index in [2.05, 4.69) is 12.1 Å². The van der Waals surface area contributed by atoms with Crippen LogP contribution in [0.4, 0.5) is 0 Å². The van der Waals surface area contributed by atoms with E-state index in [4.69, 9.17) is 29.9 Å². The molecule has 0 aromatic heterocycles. The molecule has 2 aliphatic rings. The Morgan fingerprint density at radius 2 is 1.77 bits per heavy atom. The fourth-order valence-corrected chi connectivity index (χ4v) is 4.41. The molecule has 0 spiro atoms. The molecule has 0 amide bonds. The molecular weight excluding hydrogens is 378 g/mol. The molecular formula is C23H26B2O5. The number of ether oxygens (including phenoxy) is 3. The lowest BCUT2D eigenvalue weighted by Crippen LogP contribution is -2.34. The maximum absolute atomic E-state index is 10.3. The molecule has 154 valence electrons. The van der Waals surface area contributed by atoms with Crippen LogP contribution in [0, 0.1) is 0 Å². The molecule has 2 aromatic carbocycles. The number of hydrogen-bond donors (Lipinski definition) is 2. The average Bonchev–Trinajstić information content (AvgIpc) is 2.72. The number of benzene rings is 2. The van der Waals surface area contributed by atoms with Gasteiger partial charge in [-0.25, -0.2) is 0 Å². The largest absolute Gasteiger partial charge is 0.496 e. The maximum atomic E-state index is 10.3.